The van der Waals surface area contributed by atoms with Crippen molar-refractivity contribution >= 4 is 23.5 Å². The Morgan fingerprint density at radius 2 is 1.91 bits per heavy atom. The number of methoxy groups -OCH3 is 1. The number of hydrogen-bond acceptors (Lipinski definition) is 7. The molecule has 2 aliphatic heterocycles. The van der Waals surface area contributed by atoms with E-state index >= 15 is 0 Å². The van der Waals surface area contributed by atoms with Gasteiger partial charge in [-0.3, -0.25) is 4.79 Å². The van der Waals surface area contributed by atoms with Crippen molar-refractivity contribution in [2.75, 3.05) is 51.3 Å². The number of piperazine rings is 1. The zero-order valence-electron chi connectivity index (χ0n) is 20.0. The Morgan fingerprint density at radius 1 is 1.15 bits per heavy atom. The van der Waals surface area contributed by atoms with E-state index < -0.39 is 0 Å². The summed E-state index contributed by atoms with van der Waals surface area (Å²) in [6.07, 6.45) is 4.99. The Hall–Kier alpha value is -3.39. The van der Waals surface area contributed by atoms with Crippen LogP contribution in [0.4, 0.5) is 5.82 Å². The molecule has 1 aromatic heterocycles. The second kappa shape index (κ2) is 10.7. The molecule has 8 heteroatoms. The van der Waals surface area contributed by atoms with Crippen molar-refractivity contribution in [1.82, 2.24) is 19.8 Å². The lowest BCUT2D eigenvalue weighted by molar-refractivity contribution is -0.131. The zero-order valence-corrected chi connectivity index (χ0v) is 20.0. The average Bonchev–Trinajstić information content (AvgIpc) is 2.90. The van der Waals surface area contributed by atoms with Gasteiger partial charge in [0.25, 0.3) is 0 Å². The predicted octanol–water partition coefficient (Wildman–Crippen LogP) is 2.58. The first kappa shape index (κ1) is 23.8. The summed E-state index contributed by atoms with van der Waals surface area (Å²) in [4.78, 5) is 27.9. The number of rotatable bonds is 7. The largest absolute Gasteiger partial charge is 0.467 e. The lowest BCUT2D eigenvalue weighted by atomic mass is 9.99. The summed E-state index contributed by atoms with van der Waals surface area (Å²) >= 11 is 0. The van der Waals surface area contributed by atoms with E-state index in [9.17, 15) is 9.90 Å². The third-order valence-corrected chi connectivity index (χ3v) is 6.52. The molecule has 1 aromatic carbocycles. The van der Waals surface area contributed by atoms with E-state index in [2.05, 4.69) is 22.4 Å². The number of benzene rings is 1. The molecule has 0 radical (unpaired) electrons. The number of nitrogens with zero attached hydrogens (tertiary/aromatic N) is 5. The highest BCUT2D eigenvalue weighted by Gasteiger charge is 2.29. The second-order valence-electron chi connectivity index (χ2n) is 8.42. The SMILES string of the molecule is C=Cc1ccccc1/C(=C\CO)N1CCc2c(nc(OC)nc2N2CCN(C(=O)CC)CC2)C1. The van der Waals surface area contributed by atoms with E-state index in [-0.39, 0.29) is 12.5 Å². The van der Waals surface area contributed by atoms with Crippen molar-refractivity contribution in [2.24, 2.45) is 0 Å². The van der Waals surface area contributed by atoms with Gasteiger partial charge in [-0.15, -0.1) is 0 Å². The van der Waals surface area contributed by atoms with Crippen LogP contribution in [0.1, 0.15) is 35.7 Å². The third-order valence-electron chi connectivity index (χ3n) is 6.52. The maximum absolute atomic E-state index is 12.1. The van der Waals surface area contributed by atoms with Crippen LogP contribution in [-0.2, 0) is 17.8 Å². The quantitative estimate of drug-likeness (QED) is 0.676. The topological polar surface area (TPSA) is 82.0 Å². The van der Waals surface area contributed by atoms with Crippen LogP contribution in [0.25, 0.3) is 11.8 Å². The van der Waals surface area contributed by atoms with Crippen LogP contribution in [0.2, 0.25) is 0 Å². The maximum Gasteiger partial charge on any atom is 0.318 e. The molecule has 34 heavy (non-hydrogen) atoms. The fourth-order valence-electron chi connectivity index (χ4n) is 4.74. The van der Waals surface area contributed by atoms with Gasteiger partial charge in [-0.2, -0.15) is 9.97 Å². The van der Waals surface area contributed by atoms with Crippen molar-refractivity contribution in [2.45, 2.75) is 26.3 Å². The zero-order chi connectivity index (χ0) is 24.1. The molecule has 1 fully saturated rings. The van der Waals surface area contributed by atoms with Crippen LogP contribution in [-0.4, -0.2) is 77.2 Å². The van der Waals surface area contributed by atoms with Crippen LogP contribution in [0.15, 0.2) is 36.9 Å². The average molecular weight is 464 g/mol. The third kappa shape index (κ3) is 4.77. The fraction of sp³-hybridized carbons (Fsp3) is 0.423. The first-order valence-electron chi connectivity index (χ1n) is 11.8. The number of carbonyl (C=O) groups excluding carboxylic acids is 1. The van der Waals surface area contributed by atoms with Gasteiger partial charge in [0.1, 0.15) is 5.82 Å². The van der Waals surface area contributed by atoms with Crippen molar-refractivity contribution in [3.8, 4) is 6.01 Å². The molecule has 2 aliphatic rings. The first-order valence-corrected chi connectivity index (χ1v) is 11.8. The van der Waals surface area contributed by atoms with Gasteiger partial charge in [-0.25, -0.2) is 0 Å². The van der Waals surface area contributed by atoms with Crippen molar-refractivity contribution in [3.05, 3.63) is 59.3 Å². The Bertz CT molecular complexity index is 1080. The molecule has 0 spiro atoms. The molecule has 1 saturated heterocycles. The molecule has 0 atom stereocenters. The van der Waals surface area contributed by atoms with Crippen molar-refractivity contribution in [3.63, 3.8) is 0 Å². The van der Waals surface area contributed by atoms with E-state index in [1.807, 2.05) is 42.2 Å². The summed E-state index contributed by atoms with van der Waals surface area (Å²) in [5.74, 6) is 1.10. The molecule has 0 aliphatic carbocycles. The van der Waals surface area contributed by atoms with Crippen LogP contribution in [0.5, 0.6) is 6.01 Å². The van der Waals surface area contributed by atoms with E-state index in [0.717, 1.165) is 60.0 Å². The highest BCUT2D eigenvalue weighted by Crippen LogP contribution is 2.33. The van der Waals surface area contributed by atoms with Gasteiger partial charge >= 0.3 is 6.01 Å². The van der Waals surface area contributed by atoms with E-state index in [0.29, 0.717) is 32.1 Å². The molecule has 0 bridgehead atoms. The molecule has 1 amide bonds. The van der Waals surface area contributed by atoms with Crippen molar-refractivity contribution < 1.29 is 14.6 Å². The van der Waals surface area contributed by atoms with E-state index in [4.69, 9.17) is 14.7 Å². The Balaban J connectivity index is 1.62. The molecule has 0 unspecified atom stereocenters. The Kier molecular flexibility index (Phi) is 7.47. The number of hydrogen-bond donors (Lipinski definition) is 1. The lowest BCUT2D eigenvalue weighted by Crippen LogP contribution is -2.49. The highest BCUT2D eigenvalue weighted by molar-refractivity contribution is 5.76. The molecule has 8 nitrogen and oxygen atoms in total. The van der Waals surface area contributed by atoms with Gasteiger partial charge in [-0.05, 0) is 18.1 Å². The highest BCUT2D eigenvalue weighted by atomic mass is 16.5. The van der Waals surface area contributed by atoms with Crippen molar-refractivity contribution in [1.29, 1.82) is 0 Å². The molecule has 1 N–H and O–H groups in total. The molecule has 0 saturated carbocycles. The van der Waals surface area contributed by atoms with Gasteiger partial charge in [0.05, 0.1) is 26.0 Å². The number of ether oxygens (including phenoxy) is 1. The van der Waals surface area contributed by atoms with Gasteiger partial charge in [0.15, 0.2) is 0 Å². The summed E-state index contributed by atoms with van der Waals surface area (Å²) in [6, 6.07) is 8.41. The monoisotopic (exact) mass is 463 g/mol. The summed E-state index contributed by atoms with van der Waals surface area (Å²) < 4.78 is 5.45. The minimum absolute atomic E-state index is 0.0523. The number of fused-ring (bicyclic) bond motifs is 1. The normalized spacial score (nSPS) is 16.3. The molecule has 180 valence electrons. The van der Waals surface area contributed by atoms with E-state index in [1.54, 1.807) is 7.11 Å². The molecule has 4 rings (SSSR count). The second-order valence-corrected chi connectivity index (χ2v) is 8.42. The number of carbonyl (C=O) groups is 1. The molecule has 3 heterocycles. The first-order chi connectivity index (χ1) is 16.6. The summed E-state index contributed by atoms with van der Waals surface area (Å²) in [6.45, 7) is 10.0. The number of aliphatic hydroxyl groups is 1. The number of amides is 1. The Labute approximate surface area is 201 Å². The molecular formula is C26H33N5O3. The predicted molar refractivity (Wildman–Crippen MR) is 133 cm³/mol. The molecular weight excluding hydrogens is 430 g/mol. The minimum Gasteiger partial charge on any atom is -0.467 e. The van der Waals surface area contributed by atoms with Crippen LogP contribution in [0.3, 0.4) is 0 Å². The minimum atomic E-state index is -0.0523. The molecule has 2 aromatic rings. The van der Waals surface area contributed by atoms with Crippen LogP contribution >= 0.6 is 0 Å². The number of aromatic nitrogens is 2. The summed E-state index contributed by atoms with van der Waals surface area (Å²) in [5.41, 5.74) is 5.09. The number of anilines is 1. The Morgan fingerprint density at radius 3 is 2.59 bits per heavy atom. The summed E-state index contributed by atoms with van der Waals surface area (Å²) in [7, 11) is 1.58. The maximum atomic E-state index is 12.1. The lowest BCUT2D eigenvalue weighted by Gasteiger charge is -2.38. The fourth-order valence-corrected chi connectivity index (χ4v) is 4.74. The standard InChI is InChI=1S/C26H33N5O3/c1-4-19-8-6-7-9-20(19)23(11-17-32)31-12-10-21-22(18-31)27-26(34-3)28-25(21)30-15-13-29(14-16-30)24(33)5-2/h4,6-9,11,32H,1,5,10,12-18H2,2-3H3/b23-11+. The van der Waals surface area contributed by atoms with Gasteiger partial charge < -0.3 is 24.5 Å². The van der Waals surface area contributed by atoms with Crippen LogP contribution < -0.4 is 9.64 Å². The van der Waals surface area contributed by atoms with E-state index in [1.165, 1.54) is 0 Å². The smallest absolute Gasteiger partial charge is 0.318 e. The number of aliphatic hydroxyl groups excluding tert-OH is 1. The van der Waals surface area contributed by atoms with Crippen LogP contribution in [0, 0.1) is 0 Å². The van der Waals surface area contributed by atoms with Gasteiger partial charge in [-0.1, -0.05) is 43.8 Å². The summed E-state index contributed by atoms with van der Waals surface area (Å²) in [5, 5.41) is 9.75. The van der Waals surface area contributed by atoms with Gasteiger partial charge in [0.2, 0.25) is 5.91 Å². The van der Waals surface area contributed by atoms with Gasteiger partial charge in [0, 0.05) is 56.0 Å².